The first-order valence-electron chi connectivity index (χ1n) is 10.3. The Morgan fingerprint density at radius 3 is 2.52 bits per heavy atom. The third-order valence-electron chi connectivity index (χ3n) is 5.68. The Kier molecular flexibility index (Phi) is 6.64. The highest BCUT2D eigenvalue weighted by molar-refractivity contribution is 5.76. The third-order valence-corrected chi connectivity index (χ3v) is 5.68. The molecule has 2 bridgehead atoms. The van der Waals surface area contributed by atoms with Crippen LogP contribution in [0.1, 0.15) is 64.5 Å². The van der Waals surface area contributed by atoms with Gasteiger partial charge in [-0.3, -0.25) is 4.79 Å². The van der Waals surface area contributed by atoms with Gasteiger partial charge in [-0.05, 0) is 62.1 Å². The summed E-state index contributed by atoms with van der Waals surface area (Å²) in [5, 5.41) is 6.80. The molecular weight excluding hydrogens is 340 g/mol. The van der Waals surface area contributed by atoms with Gasteiger partial charge in [0.15, 0.2) is 11.5 Å². The molecule has 0 aliphatic carbocycles. The van der Waals surface area contributed by atoms with Gasteiger partial charge in [0.05, 0.1) is 19.8 Å². The van der Waals surface area contributed by atoms with Crippen molar-refractivity contribution in [3.05, 3.63) is 23.8 Å². The first kappa shape index (κ1) is 20.0. The van der Waals surface area contributed by atoms with E-state index in [1.165, 1.54) is 12.8 Å². The number of fused-ring (bicyclic) bond motifs is 2. The largest absolute Gasteiger partial charge is 0.493 e. The molecule has 2 heterocycles. The Hall–Kier alpha value is -1.75. The first-order chi connectivity index (χ1) is 12.9. The summed E-state index contributed by atoms with van der Waals surface area (Å²) in [6.07, 6.45) is 5.43. The molecule has 2 aliphatic heterocycles. The highest BCUT2D eigenvalue weighted by Gasteiger charge is 2.34. The maximum Gasteiger partial charge on any atom is 0.220 e. The van der Waals surface area contributed by atoms with E-state index in [0.29, 0.717) is 42.7 Å². The van der Waals surface area contributed by atoms with E-state index in [1.807, 2.05) is 25.1 Å². The predicted octanol–water partition coefficient (Wildman–Crippen LogP) is 3.83. The minimum Gasteiger partial charge on any atom is -0.493 e. The van der Waals surface area contributed by atoms with Gasteiger partial charge in [-0.2, -0.15) is 0 Å². The summed E-state index contributed by atoms with van der Waals surface area (Å²) >= 11 is 0. The molecule has 2 N–H and O–H groups in total. The molecule has 0 aromatic heterocycles. The summed E-state index contributed by atoms with van der Waals surface area (Å²) in [4.78, 5) is 12.5. The van der Waals surface area contributed by atoms with Crippen LogP contribution < -0.4 is 20.1 Å². The van der Waals surface area contributed by atoms with E-state index in [2.05, 4.69) is 24.5 Å². The van der Waals surface area contributed by atoms with E-state index in [4.69, 9.17) is 9.47 Å². The number of carbonyl (C=O) groups is 1. The molecule has 5 nitrogen and oxygen atoms in total. The van der Waals surface area contributed by atoms with Crippen molar-refractivity contribution in [2.24, 2.45) is 11.8 Å². The van der Waals surface area contributed by atoms with Crippen molar-refractivity contribution in [3.63, 3.8) is 0 Å². The van der Waals surface area contributed by atoms with E-state index < -0.39 is 0 Å². The van der Waals surface area contributed by atoms with E-state index in [9.17, 15) is 4.79 Å². The molecule has 0 saturated carbocycles. The van der Waals surface area contributed by atoms with Gasteiger partial charge >= 0.3 is 0 Å². The third kappa shape index (κ3) is 5.38. The van der Waals surface area contributed by atoms with Gasteiger partial charge in [0, 0.05) is 18.5 Å². The predicted molar refractivity (Wildman–Crippen MR) is 107 cm³/mol. The molecule has 1 amide bonds. The minimum absolute atomic E-state index is 0.0519. The molecule has 5 heteroatoms. The molecular formula is C22H34N2O3. The fraction of sp³-hybridized carbons (Fsp3) is 0.682. The van der Waals surface area contributed by atoms with Crippen LogP contribution in [0.4, 0.5) is 0 Å². The van der Waals surface area contributed by atoms with Gasteiger partial charge in [-0.25, -0.2) is 0 Å². The lowest BCUT2D eigenvalue weighted by Gasteiger charge is -2.29. The molecule has 0 radical (unpaired) electrons. The molecule has 2 aliphatic rings. The first-order valence-corrected chi connectivity index (χ1v) is 10.3. The van der Waals surface area contributed by atoms with Crippen LogP contribution in [-0.2, 0) is 4.79 Å². The van der Waals surface area contributed by atoms with Crippen molar-refractivity contribution in [2.75, 3.05) is 13.7 Å². The van der Waals surface area contributed by atoms with Crippen molar-refractivity contribution in [1.29, 1.82) is 0 Å². The molecule has 150 valence electrons. The van der Waals surface area contributed by atoms with Crippen LogP contribution >= 0.6 is 0 Å². The second-order valence-electron chi connectivity index (χ2n) is 8.58. The molecule has 27 heavy (non-hydrogen) atoms. The smallest absolute Gasteiger partial charge is 0.220 e. The Morgan fingerprint density at radius 2 is 1.89 bits per heavy atom. The number of methoxy groups -OCH3 is 1. The van der Waals surface area contributed by atoms with Crippen molar-refractivity contribution >= 4 is 5.91 Å². The molecule has 3 unspecified atom stereocenters. The van der Waals surface area contributed by atoms with Crippen LogP contribution in [0.15, 0.2) is 18.2 Å². The zero-order chi connectivity index (χ0) is 19.4. The van der Waals surface area contributed by atoms with Gasteiger partial charge < -0.3 is 20.1 Å². The number of hydrogen-bond acceptors (Lipinski definition) is 4. The number of ether oxygens (including phenoxy) is 2. The molecule has 1 aromatic carbocycles. The Balaban J connectivity index is 1.55. The molecule has 3 rings (SSSR count). The standard InChI is InChI=1S/C22H34N2O3/c1-14(2)13-27-20-8-5-17(12-21(20)26-4)15(3)23-22(25)11-16-9-18-6-7-19(10-16)24-18/h5,8,12,14-16,18-19,24H,6-7,9-11,13H2,1-4H3,(H,23,25). The number of rotatable bonds is 8. The maximum atomic E-state index is 12.5. The quantitative estimate of drug-likeness (QED) is 0.726. The van der Waals surface area contributed by atoms with Gasteiger partial charge in [-0.1, -0.05) is 19.9 Å². The lowest BCUT2D eigenvalue weighted by atomic mass is 9.89. The fourth-order valence-electron chi connectivity index (χ4n) is 4.32. The second-order valence-corrected chi connectivity index (χ2v) is 8.58. The van der Waals surface area contributed by atoms with E-state index in [-0.39, 0.29) is 11.9 Å². The van der Waals surface area contributed by atoms with Crippen molar-refractivity contribution in [1.82, 2.24) is 10.6 Å². The lowest BCUT2D eigenvalue weighted by molar-refractivity contribution is -0.122. The summed E-state index contributed by atoms with van der Waals surface area (Å²) in [5.74, 6) is 2.57. The monoisotopic (exact) mass is 374 g/mol. The molecule has 2 saturated heterocycles. The summed E-state index contributed by atoms with van der Waals surface area (Å²) in [6, 6.07) is 7.11. The van der Waals surface area contributed by atoms with Crippen LogP contribution in [0.3, 0.4) is 0 Å². The summed E-state index contributed by atoms with van der Waals surface area (Å²) < 4.78 is 11.3. The Bertz CT molecular complexity index is 634. The van der Waals surface area contributed by atoms with Gasteiger partial charge in [-0.15, -0.1) is 0 Å². The van der Waals surface area contributed by atoms with E-state index in [0.717, 1.165) is 24.2 Å². The normalized spacial score (nSPS) is 25.3. The average molecular weight is 375 g/mol. The lowest BCUT2D eigenvalue weighted by Crippen LogP contribution is -2.40. The minimum atomic E-state index is -0.0519. The number of hydrogen-bond donors (Lipinski definition) is 2. The second kappa shape index (κ2) is 8.96. The van der Waals surface area contributed by atoms with Crippen LogP contribution in [-0.4, -0.2) is 31.7 Å². The van der Waals surface area contributed by atoms with Crippen molar-refractivity contribution in [3.8, 4) is 11.5 Å². The number of nitrogens with one attached hydrogen (secondary N) is 2. The molecule has 1 aromatic rings. The highest BCUT2D eigenvalue weighted by atomic mass is 16.5. The van der Waals surface area contributed by atoms with Crippen molar-refractivity contribution in [2.45, 2.75) is 71.0 Å². The molecule has 2 fully saturated rings. The molecule has 0 spiro atoms. The highest BCUT2D eigenvalue weighted by Crippen LogP contribution is 2.33. The molecule has 3 atom stereocenters. The zero-order valence-corrected chi connectivity index (χ0v) is 17.1. The van der Waals surface area contributed by atoms with Crippen LogP contribution in [0, 0.1) is 11.8 Å². The van der Waals surface area contributed by atoms with Crippen molar-refractivity contribution < 1.29 is 14.3 Å². The van der Waals surface area contributed by atoms with Crippen LogP contribution in [0.2, 0.25) is 0 Å². The van der Waals surface area contributed by atoms with Crippen LogP contribution in [0.5, 0.6) is 11.5 Å². The number of piperidine rings is 1. The fourth-order valence-corrected chi connectivity index (χ4v) is 4.32. The number of benzene rings is 1. The Labute approximate surface area is 163 Å². The summed E-state index contributed by atoms with van der Waals surface area (Å²) in [7, 11) is 1.65. The van der Waals surface area contributed by atoms with Gasteiger partial charge in [0.1, 0.15) is 0 Å². The SMILES string of the molecule is COc1cc(C(C)NC(=O)CC2CC3CCC(C2)N3)ccc1OCC(C)C. The Morgan fingerprint density at radius 1 is 1.19 bits per heavy atom. The van der Waals surface area contributed by atoms with Gasteiger partial charge in [0.25, 0.3) is 0 Å². The van der Waals surface area contributed by atoms with Crippen LogP contribution in [0.25, 0.3) is 0 Å². The zero-order valence-electron chi connectivity index (χ0n) is 17.1. The summed E-state index contributed by atoms with van der Waals surface area (Å²) in [5.41, 5.74) is 1.03. The number of amides is 1. The average Bonchev–Trinajstić information content (AvgIpc) is 2.97. The van der Waals surface area contributed by atoms with Gasteiger partial charge in [0.2, 0.25) is 5.91 Å². The number of carbonyl (C=O) groups excluding carboxylic acids is 1. The summed E-state index contributed by atoms with van der Waals surface area (Å²) in [6.45, 7) is 6.91. The van der Waals surface area contributed by atoms with E-state index in [1.54, 1.807) is 7.11 Å². The topological polar surface area (TPSA) is 59.6 Å². The van der Waals surface area contributed by atoms with E-state index >= 15 is 0 Å². The maximum absolute atomic E-state index is 12.5.